The number of aromatic nitrogens is 2. The van der Waals surface area contributed by atoms with Gasteiger partial charge >= 0.3 is 5.97 Å². The molecule has 0 bridgehead atoms. The number of anilines is 1. The third kappa shape index (κ3) is 4.33. The summed E-state index contributed by atoms with van der Waals surface area (Å²) in [7, 11) is 0. The number of esters is 1. The van der Waals surface area contributed by atoms with E-state index < -0.39 is 6.04 Å². The highest BCUT2D eigenvalue weighted by molar-refractivity contribution is 9.10. The third-order valence-electron chi connectivity index (χ3n) is 2.54. The van der Waals surface area contributed by atoms with Gasteiger partial charge in [0.2, 0.25) is 0 Å². The number of rotatable bonds is 6. The Balaban J connectivity index is 2.90. The van der Waals surface area contributed by atoms with Crippen molar-refractivity contribution in [2.24, 2.45) is 5.92 Å². The van der Waals surface area contributed by atoms with Gasteiger partial charge in [-0.2, -0.15) is 5.10 Å². The van der Waals surface area contributed by atoms with Crippen LogP contribution in [0.3, 0.4) is 0 Å². The van der Waals surface area contributed by atoms with Crippen LogP contribution < -0.4 is 10.9 Å². The van der Waals surface area contributed by atoms with E-state index in [-0.39, 0.29) is 11.5 Å². The van der Waals surface area contributed by atoms with E-state index in [9.17, 15) is 9.59 Å². The van der Waals surface area contributed by atoms with Gasteiger partial charge in [-0.15, -0.1) is 0 Å². The predicted octanol–water partition coefficient (Wildman–Crippen LogP) is 2.03. The Bertz CT molecular complexity index is 528. The zero-order valence-corrected chi connectivity index (χ0v) is 13.7. The molecular formula is C13H20BrN3O3. The Kier molecular flexibility index (Phi) is 6.19. The van der Waals surface area contributed by atoms with Crippen molar-refractivity contribution in [2.75, 3.05) is 11.9 Å². The predicted molar refractivity (Wildman–Crippen MR) is 80.8 cm³/mol. The van der Waals surface area contributed by atoms with Crippen molar-refractivity contribution in [2.45, 2.75) is 40.3 Å². The van der Waals surface area contributed by atoms with Crippen LogP contribution in [0.25, 0.3) is 0 Å². The fraction of sp³-hybridized carbons (Fsp3) is 0.615. The molecule has 1 N–H and O–H groups in total. The summed E-state index contributed by atoms with van der Waals surface area (Å²) < 4.78 is 6.66. The molecule has 1 aromatic rings. The summed E-state index contributed by atoms with van der Waals surface area (Å²) in [4.78, 5) is 23.7. The zero-order valence-electron chi connectivity index (χ0n) is 12.1. The SMILES string of the molecule is CCOC(=O)C(C)Nc1cnn(CC(C)C)c(=O)c1Br. The fourth-order valence-corrected chi connectivity index (χ4v) is 2.02. The van der Waals surface area contributed by atoms with Gasteiger partial charge in [-0.3, -0.25) is 4.79 Å². The number of hydrogen-bond donors (Lipinski definition) is 1. The number of nitrogens with zero attached hydrogens (tertiary/aromatic N) is 2. The molecule has 1 atom stereocenters. The third-order valence-corrected chi connectivity index (χ3v) is 3.30. The highest BCUT2D eigenvalue weighted by Crippen LogP contribution is 2.17. The van der Waals surface area contributed by atoms with Crippen LogP contribution >= 0.6 is 15.9 Å². The van der Waals surface area contributed by atoms with Crippen molar-refractivity contribution in [1.82, 2.24) is 9.78 Å². The molecule has 0 saturated heterocycles. The first-order chi connectivity index (χ1) is 9.36. The molecule has 1 rings (SSSR count). The Morgan fingerprint density at radius 1 is 1.50 bits per heavy atom. The van der Waals surface area contributed by atoms with Gasteiger partial charge in [-0.05, 0) is 35.7 Å². The number of carbonyl (C=O) groups is 1. The van der Waals surface area contributed by atoms with Crippen LogP contribution in [-0.2, 0) is 16.1 Å². The first kappa shape index (κ1) is 16.7. The first-order valence-electron chi connectivity index (χ1n) is 6.55. The van der Waals surface area contributed by atoms with E-state index in [0.717, 1.165) is 0 Å². The smallest absolute Gasteiger partial charge is 0.328 e. The van der Waals surface area contributed by atoms with E-state index in [1.807, 2.05) is 13.8 Å². The largest absolute Gasteiger partial charge is 0.464 e. The lowest BCUT2D eigenvalue weighted by Gasteiger charge is -2.15. The molecular weight excluding hydrogens is 326 g/mol. The van der Waals surface area contributed by atoms with Gasteiger partial charge in [0, 0.05) is 6.54 Å². The Morgan fingerprint density at radius 2 is 2.15 bits per heavy atom. The maximum absolute atomic E-state index is 12.1. The molecule has 1 unspecified atom stereocenters. The van der Waals surface area contributed by atoms with Gasteiger partial charge in [0.15, 0.2) is 0 Å². The highest BCUT2D eigenvalue weighted by atomic mass is 79.9. The van der Waals surface area contributed by atoms with Crippen molar-refractivity contribution in [1.29, 1.82) is 0 Å². The normalized spacial score (nSPS) is 12.3. The fourth-order valence-electron chi connectivity index (χ4n) is 1.60. The molecule has 0 amide bonds. The summed E-state index contributed by atoms with van der Waals surface area (Å²) in [6.45, 7) is 8.30. The van der Waals surface area contributed by atoms with Gasteiger partial charge < -0.3 is 10.1 Å². The topological polar surface area (TPSA) is 73.2 Å². The molecule has 20 heavy (non-hydrogen) atoms. The molecule has 112 valence electrons. The molecule has 0 aromatic carbocycles. The van der Waals surface area contributed by atoms with E-state index in [4.69, 9.17) is 4.74 Å². The van der Waals surface area contributed by atoms with Gasteiger partial charge in [-0.25, -0.2) is 9.48 Å². The summed E-state index contributed by atoms with van der Waals surface area (Å²) >= 11 is 3.25. The first-order valence-corrected chi connectivity index (χ1v) is 7.34. The summed E-state index contributed by atoms with van der Waals surface area (Å²) in [6, 6.07) is -0.548. The second kappa shape index (κ2) is 7.42. The van der Waals surface area contributed by atoms with E-state index in [1.165, 1.54) is 10.9 Å². The van der Waals surface area contributed by atoms with Crippen LogP contribution in [0.5, 0.6) is 0 Å². The second-order valence-electron chi connectivity index (χ2n) is 4.87. The minimum absolute atomic E-state index is 0.222. The number of hydrogen-bond acceptors (Lipinski definition) is 5. The van der Waals surface area contributed by atoms with Crippen molar-refractivity contribution in [3.63, 3.8) is 0 Å². The van der Waals surface area contributed by atoms with Crippen LogP contribution in [0.15, 0.2) is 15.5 Å². The number of nitrogens with one attached hydrogen (secondary N) is 1. The summed E-state index contributed by atoms with van der Waals surface area (Å²) in [5.74, 6) is -0.0462. The molecule has 0 fully saturated rings. The Morgan fingerprint density at radius 3 is 2.70 bits per heavy atom. The maximum Gasteiger partial charge on any atom is 0.328 e. The number of ether oxygens (including phenoxy) is 1. The molecule has 6 nitrogen and oxygen atoms in total. The molecule has 0 aliphatic heterocycles. The molecule has 0 radical (unpaired) electrons. The molecule has 7 heteroatoms. The van der Waals surface area contributed by atoms with Crippen molar-refractivity contribution in [3.05, 3.63) is 21.0 Å². The standard InChI is InChI=1S/C13H20BrN3O3/c1-5-20-13(19)9(4)16-10-6-15-17(7-8(2)3)12(18)11(10)14/h6,8-9,16H,5,7H2,1-4H3. The average molecular weight is 346 g/mol. The lowest BCUT2D eigenvalue weighted by Crippen LogP contribution is -2.31. The molecule has 0 spiro atoms. The quantitative estimate of drug-likeness (QED) is 0.798. The Labute approximate surface area is 126 Å². The average Bonchev–Trinajstić information content (AvgIpc) is 2.38. The molecule has 0 saturated carbocycles. The monoisotopic (exact) mass is 345 g/mol. The van der Waals surface area contributed by atoms with Gasteiger partial charge in [0.25, 0.3) is 5.56 Å². The van der Waals surface area contributed by atoms with Crippen LogP contribution in [0.2, 0.25) is 0 Å². The van der Waals surface area contributed by atoms with Gasteiger partial charge in [0.1, 0.15) is 10.5 Å². The zero-order chi connectivity index (χ0) is 15.3. The lowest BCUT2D eigenvalue weighted by atomic mass is 10.2. The van der Waals surface area contributed by atoms with Gasteiger partial charge in [-0.1, -0.05) is 13.8 Å². The van der Waals surface area contributed by atoms with Crippen LogP contribution in [0.4, 0.5) is 5.69 Å². The molecule has 1 aromatic heterocycles. The van der Waals surface area contributed by atoms with E-state index >= 15 is 0 Å². The van der Waals surface area contributed by atoms with Crippen molar-refractivity contribution >= 4 is 27.6 Å². The Hall–Kier alpha value is -1.37. The second-order valence-corrected chi connectivity index (χ2v) is 5.66. The molecule has 0 aliphatic carbocycles. The van der Waals surface area contributed by atoms with E-state index in [1.54, 1.807) is 13.8 Å². The van der Waals surface area contributed by atoms with Crippen LogP contribution in [-0.4, -0.2) is 28.4 Å². The minimum atomic E-state index is -0.548. The molecule has 0 aliphatic rings. The highest BCUT2D eigenvalue weighted by Gasteiger charge is 2.17. The van der Waals surface area contributed by atoms with Gasteiger partial charge in [0.05, 0.1) is 18.5 Å². The van der Waals surface area contributed by atoms with Crippen molar-refractivity contribution in [3.8, 4) is 0 Å². The lowest BCUT2D eigenvalue weighted by molar-refractivity contribution is -0.143. The van der Waals surface area contributed by atoms with Crippen LogP contribution in [0.1, 0.15) is 27.7 Å². The minimum Gasteiger partial charge on any atom is -0.464 e. The van der Waals surface area contributed by atoms with Crippen molar-refractivity contribution < 1.29 is 9.53 Å². The summed E-state index contributed by atoms with van der Waals surface area (Å²) in [6.07, 6.45) is 1.53. The van der Waals surface area contributed by atoms with Crippen LogP contribution in [0, 0.1) is 5.92 Å². The summed E-state index contributed by atoms with van der Waals surface area (Å²) in [5, 5.41) is 7.02. The van der Waals surface area contributed by atoms with E-state index in [2.05, 4.69) is 26.3 Å². The maximum atomic E-state index is 12.1. The van der Waals surface area contributed by atoms with E-state index in [0.29, 0.717) is 29.2 Å². The number of halogens is 1. The molecule has 1 heterocycles. The number of carbonyl (C=O) groups excluding carboxylic acids is 1. The summed E-state index contributed by atoms with van der Waals surface area (Å²) in [5.41, 5.74) is 0.260.